The molecular formula is C13H14FN3OS. The molecule has 0 aliphatic rings. The van der Waals surface area contributed by atoms with E-state index in [9.17, 15) is 9.18 Å². The molecule has 0 saturated heterocycles. The van der Waals surface area contributed by atoms with Gasteiger partial charge in [-0.15, -0.1) is 11.3 Å². The fourth-order valence-electron chi connectivity index (χ4n) is 1.71. The highest BCUT2D eigenvalue weighted by atomic mass is 32.1. The topological polar surface area (TPSA) is 81.1 Å². The van der Waals surface area contributed by atoms with E-state index in [1.54, 1.807) is 24.3 Å². The van der Waals surface area contributed by atoms with Crippen LogP contribution in [-0.4, -0.2) is 12.5 Å². The molecule has 0 spiro atoms. The predicted octanol–water partition coefficient (Wildman–Crippen LogP) is 2.22. The lowest BCUT2D eigenvalue weighted by Gasteiger charge is -2.04. The van der Waals surface area contributed by atoms with Crippen molar-refractivity contribution in [3.63, 3.8) is 0 Å². The SMILES string of the molecule is NC(=O)c1sc(NCCc2ccccc2F)cc1N. The summed E-state index contributed by atoms with van der Waals surface area (Å²) in [5.41, 5.74) is 11.9. The number of benzene rings is 1. The molecule has 2 aromatic rings. The minimum Gasteiger partial charge on any atom is -0.397 e. The highest BCUT2D eigenvalue weighted by Crippen LogP contribution is 2.28. The van der Waals surface area contributed by atoms with E-state index < -0.39 is 5.91 Å². The summed E-state index contributed by atoms with van der Waals surface area (Å²) in [6.45, 7) is 0.555. The minimum atomic E-state index is -0.537. The fraction of sp³-hybridized carbons (Fsp3) is 0.154. The molecule has 5 N–H and O–H groups in total. The average Bonchev–Trinajstić information content (AvgIpc) is 2.73. The summed E-state index contributed by atoms with van der Waals surface area (Å²) in [4.78, 5) is 11.4. The van der Waals surface area contributed by atoms with Gasteiger partial charge in [0.2, 0.25) is 0 Å². The van der Waals surface area contributed by atoms with Gasteiger partial charge in [0.05, 0.1) is 10.7 Å². The van der Waals surface area contributed by atoms with E-state index in [4.69, 9.17) is 11.5 Å². The molecule has 100 valence electrons. The van der Waals surface area contributed by atoms with Crippen LogP contribution in [0.3, 0.4) is 0 Å². The number of nitrogen functional groups attached to an aromatic ring is 1. The highest BCUT2D eigenvalue weighted by Gasteiger charge is 2.11. The third kappa shape index (κ3) is 3.23. The first-order chi connectivity index (χ1) is 9.08. The number of carbonyl (C=O) groups is 1. The van der Waals surface area contributed by atoms with Crippen molar-refractivity contribution >= 4 is 27.9 Å². The Labute approximate surface area is 114 Å². The van der Waals surface area contributed by atoms with E-state index >= 15 is 0 Å². The summed E-state index contributed by atoms with van der Waals surface area (Å²) in [6.07, 6.45) is 0.552. The zero-order valence-corrected chi connectivity index (χ0v) is 11.0. The van der Waals surface area contributed by atoms with Crippen LogP contribution in [0.1, 0.15) is 15.2 Å². The van der Waals surface area contributed by atoms with Gasteiger partial charge in [-0.3, -0.25) is 4.79 Å². The highest BCUT2D eigenvalue weighted by molar-refractivity contribution is 7.18. The van der Waals surface area contributed by atoms with Gasteiger partial charge >= 0.3 is 0 Å². The van der Waals surface area contributed by atoms with E-state index in [0.717, 1.165) is 5.00 Å². The van der Waals surface area contributed by atoms with E-state index in [1.807, 2.05) is 0 Å². The maximum Gasteiger partial charge on any atom is 0.260 e. The molecule has 0 unspecified atom stereocenters. The average molecular weight is 279 g/mol. The molecule has 0 fully saturated rings. The number of nitrogens with two attached hydrogens (primary N) is 2. The molecule has 0 bridgehead atoms. The number of primary amides is 1. The Kier molecular flexibility index (Phi) is 4.01. The number of hydrogen-bond donors (Lipinski definition) is 3. The Hall–Kier alpha value is -2.08. The zero-order valence-electron chi connectivity index (χ0n) is 10.2. The maximum absolute atomic E-state index is 13.4. The lowest BCUT2D eigenvalue weighted by molar-refractivity contribution is 0.100. The molecule has 0 radical (unpaired) electrons. The number of halogens is 1. The molecule has 0 aliphatic heterocycles. The molecular weight excluding hydrogens is 265 g/mol. The summed E-state index contributed by atoms with van der Waals surface area (Å²) in [6, 6.07) is 8.29. The molecule has 0 aliphatic carbocycles. The third-order valence-electron chi connectivity index (χ3n) is 2.64. The monoisotopic (exact) mass is 279 g/mol. The zero-order chi connectivity index (χ0) is 13.8. The first-order valence-corrected chi connectivity index (χ1v) is 6.56. The summed E-state index contributed by atoms with van der Waals surface area (Å²) < 4.78 is 13.4. The molecule has 1 heterocycles. The molecule has 0 saturated carbocycles. The second-order valence-corrected chi connectivity index (χ2v) is 5.08. The Bertz CT molecular complexity index is 597. The van der Waals surface area contributed by atoms with E-state index in [2.05, 4.69) is 5.32 Å². The van der Waals surface area contributed by atoms with Crippen LogP contribution < -0.4 is 16.8 Å². The van der Waals surface area contributed by atoms with Crippen LogP contribution in [-0.2, 0) is 6.42 Å². The molecule has 1 amide bonds. The molecule has 1 aromatic heterocycles. The van der Waals surface area contributed by atoms with Gasteiger partial charge in [-0.2, -0.15) is 0 Å². The summed E-state index contributed by atoms with van der Waals surface area (Å²) in [7, 11) is 0. The number of nitrogens with one attached hydrogen (secondary N) is 1. The van der Waals surface area contributed by atoms with Crippen LogP contribution in [0.25, 0.3) is 0 Å². The number of thiophene rings is 1. The molecule has 0 atom stereocenters. The quantitative estimate of drug-likeness (QED) is 0.785. The first kappa shape index (κ1) is 13.4. The minimum absolute atomic E-state index is 0.215. The van der Waals surface area contributed by atoms with Crippen LogP contribution >= 0.6 is 11.3 Å². The molecule has 2 rings (SSSR count). The second-order valence-electron chi connectivity index (χ2n) is 4.03. The maximum atomic E-state index is 13.4. The molecule has 4 nitrogen and oxygen atoms in total. The van der Waals surface area contributed by atoms with E-state index in [-0.39, 0.29) is 5.82 Å². The normalized spacial score (nSPS) is 10.4. The Morgan fingerprint density at radius 1 is 1.37 bits per heavy atom. The Balaban J connectivity index is 1.95. The van der Waals surface area contributed by atoms with Crippen molar-refractivity contribution in [2.24, 2.45) is 5.73 Å². The van der Waals surface area contributed by atoms with Crippen molar-refractivity contribution in [1.82, 2.24) is 0 Å². The van der Waals surface area contributed by atoms with Crippen molar-refractivity contribution in [2.45, 2.75) is 6.42 Å². The number of carbonyl (C=O) groups excluding carboxylic acids is 1. The van der Waals surface area contributed by atoms with Gasteiger partial charge in [-0.1, -0.05) is 18.2 Å². The van der Waals surface area contributed by atoms with Gasteiger partial charge in [0.15, 0.2) is 0 Å². The van der Waals surface area contributed by atoms with Crippen LogP contribution in [0.2, 0.25) is 0 Å². The van der Waals surface area contributed by atoms with Gasteiger partial charge in [-0.05, 0) is 24.1 Å². The molecule has 1 aromatic carbocycles. The Morgan fingerprint density at radius 3 is 2.74 bits per heavy atom. The van der Waals surface area contributed by atoms with Crippen molar-refractivity contribution in [2.75, 3.05) is 17.6 Å². The standard InChI is InChI=1S/C13H14FN3OS/c14-9-4-2-1-3-8(9)5-6-17-11-7-10(15)12(19-11)13(16)18/h1-4,7,17H,5-6,15H2,(H2,16,18). The number of anilines is 2. The number of hydrogen-bond acceptors (Lipinski definition) is 4. The van der Waals surface area contributed by atoms with Crippen molar-refractivity contribution < 1.29 is 9.18 Å². The van der Waals surface area contributed by atoms with Crippen molar-refractivity contribution in [3.05, 3.63) is 46.6 Å². The van der Waals surface area contributed by atoms with Crippen LogP contribution in [0.4, 0.5) is 15.1 Å². The summed E-state index contributed by atoms with van der Waals surface area (Å²) in [5, 5.41) is 3.85. The lowest BCUT2D eigenvalue weighted by Crippen LogP contribution is -2.10. The van der Waals surface area contributed by atoms with Gasteiger partial charge in [0.1, 0.15) is 10.7 Å². The van der Waals surface area contributed by atoms with Crippen molar-refractivity contribution in [1.29, 1.82) is 0 Å². The third-order valence-corrected chi connectivity index (χ3v) is 3.76. The Morgan fingerprint density at radius 2 is 2.11 bits per heavy atom. The van der Waals surface area contributed by atoms with Crippen molar-refractivity contribution in [3.8, 4) is 0 Å². The largest absolute Gasteiger partial charge is 0.397 e. The predicted molar refractivity (Wildman–Crippen MR) is 75.8 cm³/mol. The van der Waals surface area contributed by atoms with E-state index in [1.165, 1.54) is 17.4 Å². The van der Waals surface area contributed by atoms with Crippen LogP contribution in [0.15, 0.2) is 30.3 Å². The summed E-state index contributed by atoms with van der Waals surface area (Å²) in [5.74, 6) is -0.752. The number of rotatable bonds is 5. The van der Waals surface area contributed by atoms with Gasteiger partial charge in [0.25, 0.3) is 5.91 Å². The van der Waals surface area contributed by atoms with Gasteiger partial charge in [0, 0.05) is 6.54 Å². The molecule has 6 heteroatoms. The summed E-state index contributed by atoms with van der Waals surface area (Å²) >= 11 is 1.20. The fourth-order valence-corrected chi connectivity index (χ4v) is 2.56. The lowest BCUT2D eigenvalue weighted by atomic mass is 10.1. The smallest absolute Gasteiger partial charge is 0.260 e. The number of amides is 1. The van der Waals surface area contributed by atoms with Gasteiger partial charge in [-0.25, -0.2) is 4.39 Å². The first-order valence-electron chi connectivity index (χ1n) is 5.74. The van der Waals surface area contributed by atoms with E-state index in [0.29, 0.717) is 29.1 Å². The second kappa shape index (κ2) is 5.71. The van der Waals surface area contributed by atoms with Crippen LogP contribution in [0, 0.1) is 5.82 Å². The van der Waals surface area contributed by atoms with Crippen LogP contribution in [0.5, 0.6) is 0 Å². The molecule has 19 heavy (non-hydrogen) atoms. The van der Waals surface area contributed by atoms with Gasteiger partial charge < -0.3 is 16.8 Å².